The Morgan fingerprint density at radius 2 is 2.21 bits per heavy atom. The van der Waals surface area contributed by atoms with E-state index in [1.807, 2.05) is 0 Å². The third-order valence-electron chi connectivity index (χ3n) is 3.40. The molecule has 1 aromatic heterocycles. The first-order chi connectivity index (χ1) is 9.04. The summed E-state index contributed by atoms with van der Waals surface area (Å²) in [4.78, 5) is 16.4. The van der Waals surface area contributed by atoms with Gasteiger partial charge in [0.2, 0.25) is 0 Å². The van der Waals surface area contributed by atoms with Crippen LogP contribution in [-0.4, -0.2) is 24.0 Å². The molecule has 1 heterocycles. The van der Waals surface area contributed by atoms with Gasteiger partial charge in [-0.3, -0.25) is 4.79 Å². The largest absolute Gasteiger partial charge is 0.370 e. The van der Waals surface area contributed by atoms with Gasteiger partial charge in [0.05, 0.1) is 5.02 Å². The van der Waals surface area contributed by atoms with Gasteiger partial charge in [-0.15, -0.1) is 0 Å². The predicted molar refractivity (Wildman–Crippen MR) is 77.7 cm³/mol. The number of nitrogens with one attached hydrogen (secondary N) is 2. The number of hydrogen-bond acceptors (Lipinski definition) is 3. The van der Waals surface area contributed by atoms with Crippen molar-refractivity contribution in [2.45, 2.75) is 33.1 Å². The Morgan fingerprint density at radius 3 is 2.84 bits per heavy atom. The summed E-state index contributed by atoms with van der Waals surface area (Å²) >= 11 is 6.04. The molecule has 1 aliphatic rings. The normalized spacial score (nSPS) is 15.9. The molecule has 1 fully saturated rings. The average Bonchev–Trinajstić information content (AvgIpc) is 3.13. The Morgan fingerprint density at radius 1 is 1.47 bits per heavy atom. The molecule has 5 heteroatoms. The quantitative estimate of drug-likeness (QED) is 0.842. The average molecular weight is 282 g/mol. The number of carbonyl (C=O) groups excluding carboxylic acids is 1. The molecular weight excluding hydrogens is 262 g/mol. The van der Waals surface area contributed by atoms with E-state index in [2.05, 4.69) is 29.5 Å². The highest BCUT2D eigenvalue weighted by atomic mass is 35.5. The smallest absolute Gasteiger partial charge is 0.271 e. The molecule has 1 saturated carbocycles. The summed E-state index contributed by atoms with van der Waals surface area (Å²) in [5.74, 6) is 0.493. The fourth-order valence-corrected chi connectivity index (χ4v) is 1.91. The highest BCUT2D eigenvalue weighted by Crippen LogP contribution is 2.44. The fourth-order valence-electron chi connectivity index (χ4n) is 1.72. The van der Waals surface area contributed by atoms with Crippen molar-refractivity contribution in [3.05, 3.63) is 22.8 Å². The van der Waals surface area contributed by atoms with Gasteiger partial charge in [-0.25, -0.2) is 4.98 Å². The molecule has 19 heavy (non-hydrogen) atoms. The molecule has 0 radical (unpaired) electrons. The molecule has 4 nitrogen and oxygen atoms in total. The van der Waals surface area contributed by atoms with Crippen molar-refractivity contribution in [3.63, 3.8) is 0 Å². The lowest BCUT2D eigenvalue weighted by molar-refractivity contribution is 0.0941. The summed E-state index contributed by atoms with van der Waals surface area (Å²) in [7, 11) is 0. The molecule has 2 rings (SSSR count). The van der Waals surface area contributed by atoms with Crippen molar-refractivity contribution >= 4 is 23.3 Å². The molecule has 2 N–H and O–H groups in total. The third kappa shape index (κ3) is 3.83. The Labute approximate surface area is 118 Å². The minimum Gasteiger partial charge on any atom is -0.370 e. The molecule has 0 aliphatic heterocycles. The second kappa shape index (κ2) is 5.78. The Kier molecular flexibility index (Phi) is 4.30. The summed E-state index contributed by atoms with van der Waals surface area (Å²) in [5.41, 5.74) is 0.576. The van der Waals surface area contributed by atoms with Crippen LogP contribution in [0.15, 0.2) is 12.1 Å². The van der Waals surface area contributed by atoms with Crippen LogP contribution < -0.4 is 10.6 Å². The molecule has 0 unspecified atom stereocenters. The number of nitrogens with zero attached hydrogens (tertiary/aromatic N) is 1. The molecule has 1 aliphatic carbocycles. The van der Waals surface area contributed by atoms with Crippen LogP contribution in [-0.2, 0) is 0 Å². The van der Waals surface area contributed by atoms with Crippen molar-refractivity contribution in [3.8, 4) is 0 Å². The van der Waals surface area contributed by atoms with E-state index in [4.69, 9.17) is 11.6 Å². The highest BCUT2D eigenvalue weighted by Gasteiger charge is 2.37. The second-order valence-corrected chi connectivity index (χ2v) is 5.85. The van der Waals surface area contributed by atoms with E-state index in [0.717, 1.165) is 13.0 Å². The van der Waals surface area contributed by atoms with Gasteiger partial charge in [-0.05, 0) is 36.8 Å². The van der Waals surface area contributed by atoms with Crippen molar-refractivity contribution in [1.82, 2.24) is 10.3 Å². The van der Waals surface area contributed by atoms with E-state index < -0.39 is 0 Å². The number of aromatic nitrogens is 1. The fraction of sp³-hybridized carbons (Fsp3) is 0.571. The Balaban J connectivity index is 2.02. The van der Waals surface area contributed by atoms with Crippen LogP contribution in [0.2, 0.25) is 5.02 Å². The number of hydrogen-bond donors (Lipinski definition) is 2. The van der Waals surface area contributed by atoms with Gasteiger partial charge in [-0.2, -0.15) is 0 Å². The van der Waals surface area contributed by atoms with Gasteiger partial charge in [0.25, 0.3) is 5.91 Å². The van der Waals surface area contributed by atoms with Gasteiger partial charge in [0.1, 0.15) is 11.5 Å². The van der Waals surface area contributed by atoms with E-state index in [1.54, 1.807) is 12.1 Å². The minimum atomic E-state index is -0.196. The van der Waals surface area contributed by atoms with E-state index >= 15 is 0 Å². The van der Waals surface area contributed by atoms with E-state index in [1.165, 1.54) is 12.8 Å². The molecule has 104 valence electrons. The van der Waals surface area contributed by atoms with Gasteiger partial charge < -0.3 is 10.6 Å². The van der Waals surface area contributed by atoms with Crippen molar-refractivity contribution in [2.75, 3.05) is 18.4 Å². The standard InChI is InChI=1S/C14H20ClN3O/c1-3-8-16-11-5-4-10(15)12(18-11)13(19)17-9-14(2)6-7-14/h4-5H,3,6-9H2,1-2H3,(H,16,18)(H,17,19). The van der Waals surface area contributed by atoms with Crippen LogP contribution in [0.25, 0.3) is 0 Å². The zero-order chi connectivity index (χ0) is 13.9. The Hall–Kier alpha value is -1.29. The first-order valence-electron chi connectivity index (χ1n) is 6.73. The predicted octanol–water partition coefficient (Wildman–Crippen LogP) is 3.09. The Bertz CT molecular complexity index is 472. The molecule has 0 saturated heterocycles. The number of carbonyl (C=O) groups is 1. The van der Waals surface area contributed by atoms with Crippen LogP contribution in [0.3, 0.4) is 0 Å². The summed E-state index contributed by atoms with van der Waals surface area (Å²) in [6.45, 7) is 5.76. The molecule has 0 atom stereocenters. The van der Waals surface area contributed by atoms with Crippen molar-refractivity contribution in [2.24, 2.45) is 5.41 Å². The van der Waals surface area contributed by atoms with Gasteiger partial charge >= 0.3 is 0 Å². The zero-order valence-electron chi connectivity index (χ0n) is 11.4. The molecule has 0 aromatic carbocycles. The first-order valence-corrected chi connectivity index (χ1v) is 7.10. The molecule has 0 bridgehead atoms. The lowest BCUT2D eigenvalue weighted by atomic mass is 10.1. The summed E-state index contributed by atoms with van der Waals surface area (Å²) < 4.78 is 0. The molecular formula is C14H20ClN3O. The number of pyridine rings is 1. The maximum absolute atomic E-state index is 12.1. The number of anilines is 1. The number of rotatable bonds is 6. The summed E-state index contributed by atoms with van der Waals surface area (Å²) in [6.07, 6.45) is 3.35. The lowest BCUT2D eigenvalue weighted by Crippen LogP contribution is -2.30. The van der Waals surface area contributed by atoms with Gasteiger partial charge in [0.15, 0.2) is 0 Å². The monoisotopic (exact) mass is 281 g/mol. The second-order valence-electron chi connectivity index (χ2n) is 5.45. The van der Waals surface area contributed by atoms with Crippen LogP contribution in [0.1, 0.15) is 43.6 Å². The minimum absolute atomic E-state index is 0.196. The third-order valence-corrected chi connectivity index (χ3v) is 3.70. The SMILES string of the molecule is CCCNc1ccc(Cl)c(C(=O)NCC2(C)CC2)n1. The number of amides is 1. The molecule has 1 amide bonds. The van der Waals surface area contributed by atoms with Crippen molar-refractivity contribution in [1.29, 1.82) is 0 Å². The van der Waals surface area contributed by atoms with E-state index in [9.17, 15) is 4.79 Å². The first kappa shape index (κ1) is 14.1. The summed E-state index contributed by atoms with van der Waals surface area (Å²) in [6, 6.07) is 3.50. The van der Waals surface area contributed by atoms with Crippen LogP contribution in [0.4, 0.5) is 5.82 Å². The van der Waals surface area contributed by atoms with Crippen LogP contribution in [0.5, 0.6) is 0 Å². The van der Waals surface area contributed by atoms with E-state index in [-0.39, 0.29) is 11.3 Å². The van der Waals surface area contributed by atoms with Crippen molar-refractivity contribution < 1.29 is 4.79 Å². The maximum atomic E-state index is 12.1. The number of halogens is 1. The topological polar surface area (TPSA) is 54.0 Å². The zero-order valence-corrected chi connectivity index (χ0v) is 12.2. The maximum Gasteiger partial charge on any atom is 0.271 e. The highest BCUT2D eigenvalue weighted by molar-refractivity contribution is 6.33. The van der Waals surface area contributed by atoms with Crippen LogP contribution >= 0.6 is 11.6 Å². The lowest BCUT2D eigenvalue weighted by Gasteiger charge is -2.11. The summed E-state index contributed by atoms with van der Waals surface area (Å²) in [5, 5.41) is 6.45. The van der Waals surface area contributed by atoms with E-state index in [0.29, 0.717) is 23.1 Å². The van der Waals surface area contributed by atoms with Gasteiger partial charge in [0, 0.05) is 13.1 Å². The van der Waals surface area contributed by atoms with Gasteiger partial charge in [-0.1, -0.05) is 25.4 Å². The molecule has 1 aromatic rings. The van der Waals surface area contributed by atoms with Crippen LogP contribution in [0, 0.1) is 5.41 Å². The molecule has 0 spiro atoms.